The summed E-state index contributed by atoms with van der Waals surface area (Å²) in [5.41, 5.74) is 6.02. The van der Waals surface area contributed by atoms with Crippen molar-refractivity contribution < 1.29 is 9.53 Å². The monoisotopic (exact) mass is 239 g/mol. The predicted molar refractivity (Wildman–Crippen MR) is 66.2 cm³/mol. The zero-order chi connectivity index (χ0) is 12.8. The van der Waals surface area contributed by atoms with Gasteiger partial charge in [-0.05, 0) is 26.3 Å². The fourth-order valence-electron chi connectivity index (χ4n) is 1.79. The molecule has 0 aromatic carbocycles. The van der Waals surface area contributed by atoms with Gasteiger partial charge in [-0.3, -0.25) is 9.48 Å². The zero-order valence-electron chi connectivity index (χ0n) is 10.8. The fraction of sp³-hybridized carbons (Fsp3) is 0.667. The standard InChI is InChI=1S/C12H21N3O2/c1-4-15-11(10(17-3)8-14-15)12(16)9(2)6-5-7-13/h8-9H,4-7,13H2,1-3H3. The molecule has 2 N–H and O–H groups in total. The predicted octanol–water partition coefficient (Wildman–Crippen LogP) is 1.47. The summed E-state index contributed by atoms with van der Waals surface area (Å²) in [4.78, 5) is 12.3. The number of ketones is 1. The van der Waals surface area contributed by atoms with Crippen LogP contribution in [0.4, 0.5) is 0 Å². The van der Waals surface area contributed by atoms with Gasteiger partial charge in [-0.2, -0.15) is 5.10 Å². The summed E-state index contributed by atoms with van der Waals surface area (Å²) in [7, 11) is 1.55. The van der Waals surface area contributed by atoms with E-state index in [4.69, 9.17) is 10.5 Å². The van der Waals surface area contributed by atoms with Gasteiger partial charge in [0.25, 0.3) is 0 Å². The molecule has 5 nitrogen and oxygen atoms in total. The van der Waals surface area contributed by atoms with Crippen molar-refractivity contribution in [3.63, 3.8) is 0 Å². The first-order valence-corrected chi connectivity index (χ1v) is 5.99. The molecule has 0 aliphatic rings. The lowest BCUT2D eigenvalue weighted by molar-refractivity contribution is 0.0909. The molecular weight excluding hydrogens is 218 g/mol. The summed E-state index contributed by atoms with van der Waals surface area (Å²) in [6, 6.07) is 0. The van der Waals surface area contributed by atoms with Crippen molar-refractivity contribution >= 4 is 5.78 Å². The molecule has 0 fully saturated rings. The average molecular weight is 239 g/mol. The van der Waals surface area contributed by atoms with E-state index in [1.165, 1.54) is 0 Å². The summed E-state index contributed by atoms with van der Waals surface area (Å²) in [6.45, 7) is 5.15. The summed E-state index contributed by atoms with van der Waals surface area (Å²) >= 11 is 0. The van der Waals surface area contributed by atoms with E-state index >= 15 is 0 Å². The summed E-state index contributed by atoms with van der Waals surface area (Å²) in [6.07, 6.45) is 3.25. The number of methoxy groups -OCH3 is 1. The number of rotatable bonds is 7. The second-order valence-corrected chi connectivity index (χ2v) is 4.07. The van der Waals surface area contributed by atoms with Crippen LogP contribution in [0.25, 0.3) is 0 Å². The number of nitrogens with two attached hydrogens (primary N) is 1. The second-order valence-electron chi connectivity index (χ2n) is 4.07. The van der Waals surface area contributed by atoms with Gasteiger partial charge in [-0.25, -0.2) is 0 Å². The number of aryl methyl sites for hydroxylation is 1. The van der Waals surface area contributed by atoms with Gasteiger partial charge >= 0.3 is 0 Å². The normalized spacial score (nSPS) is 12.5. The third kappa shape index (κ3) is 3.06. The molecular formula is C12H21N3O2. The highest BCUT2D eigenvalue weighted by Crippen LogP contribution is 2.22. The van der Waals surface area contributed by atoms with Gasteiger partial charge in [0.05, 0.1) is 13.3 Å². The molecule has 1 atom stereocenters. The first kappa shape index (κ1) is 13.7. The molecule has 96 valence electrons. The Balaban J connectivity index is 2.89. The molecule has 1 unspecified atom stereocenters. The van der Waals surface area contributed by atoms with Crippen LogP contribution in [0.1, 0.15) is 37.2 Å². The van der Waals surface area contributed by atoms with Crippen molar-refractivity contribution in [2.45, 2.75) is 33.2 Å². The Bertz CT molecular complexity index is 352. The summed E-state index contributed by atoms with van der Waals surface area (Å²) < 4.78 is 6.86. The highest BCUT2D eigenvalue weighted by atomic mass is 16.5. The van der Waals surface area contributed by atoms with E-state index in [9.17, 15) is 4.79 Å². The number of carbonyl (C=O) groups is 1. The SMILES string of the molecule is CCn1ncc(OC)c1C(=O)C(C)CCCN. The van der Waals surface area contributed by atoms with E-state index in [0.717, 1.165) is 12.8 Å². The Hall–Kier alpha value is -1.36. The lowest BCUT2D eigenvalue weighted by Crippen LogP contribution is -2.18. The minimum absolute atomic E-state index is 0.0468. The maximum absolute atomic E-state index is 12.3. The first-order chi connectivity index (χ1) is 8.15. The molecule has 0 radical (unpaired) electrons. The number of hydrogen-bond acceptors (Lipinski definition) is 4. The van der Waals surface area contributed by atoms with E-state index in [2.05, 4.69) is 5.10 Å². The number of Topliss-reactive ketones (excluding diaryl/α,β-unsaturated/α-hetero) is 1. The van der Waals surface area contributed by atoms with Gasteiger partial charge in [0.15, 0.2) is 11.5 Å². The van der Waals surface area contributed by atoms with Crippen LogP contribution < -0.4 is 10.5 Å². The second kappa shape index (κ2) is 6.39. The first-order valence-electron chi connectivity index (χ1n) is 5.99. The molecule has 0 aliphatic carbocycles. The van der Waals surface area contributed by atoms with Crippen molar-refractivity contribution in [2.75, 3.05) is 13.7 Å². The lowest BCUT2D eigenvalue weighted by atomic mass is 9.98. The highest BCUT2D eigenvalue weighted by Gasteiger charge is 2.23. The third-order valence-corrected chi connectivity index (χ3v) is 2.85. The van der Waals surface area contributed by atoms with Crippen LogP contribution >= 0.6 is 0 Å². The van der Waals surface area contributed by atoms with Gasteiger partial charge in [0.1, 0.15) is 5.69 Å². The quantitative estimate of drug-likeness (QED) is 0.731. The smallest absolute Gasteiger partial charge is 0.187 e. The van der Waals surface area contributed by atoms with Crippen molar-refractivity contribution in [3.8, 4) is 5.75 Å². The van der Waals surface area contributed by atoms with Gasteiger partial charge in [0, 0.05) is 12.5 Å². The van der Waals surface area contributed by atoms with Gasteiger partial charge < -0.3 is 10.5 Å². The molecule has 0 spiro atoms. The molecule has 5 heteroatoms. The number of ether oxygens (including phenoxy) is 1. The number of carbonyl (C=O) groups excluding carboxylic acids is 1. The van der Waals surface area contributed by atoms with Crippen LogP contribution in [0.3, 0.4) is 0 Å². The van der Waals surface area contributed by atoms with E-state index in [1.807, 2.05) is 13.8 Å². The number of aromatic nitrogens is 2. The maximum atomic E-state index is 12.3. The molecule has 17 heavy (non-hydrogen) atoms. The Labute approximate surface area is 102 Å². The lowest BCUT2D eigenvalue weighted by Gasteiger charge is -2.12. The molecule has 0 saturated heterocycles. The Morgan fingerprint density at radius 2 is 2.35 bits per heavy atom. The van der Waals surface area contributed by atoms with Gasteiger partial charge in [0.2, 0.25) is 0 Å². The van der Waals surface area contributed by atoms with E-state index in [1.54, 1.807) is 18.0 Å². The molecule has 0 bridgehead atoms. The minimum Gasteiger partial charge on any atom is -0.493 e. The van der Waals surface area contributed by atoms with E-state index in [-0.39, 0.29) is 11.7 Å². The Morgan fingerprint density at radius 1 is 1.65 bits per heavy atom. The number of hydrogen-bond donors (Lipinski definition) is 1. The van der Waals surface area contributed by atoms with Crippen LogP contribution in [0, 0.1) is 5.92 Å². The fourth-order valence-corrected chi connectivity index (χ4v) is 1.79. The van der Waals surface area contributed by atoms with Crippen molar-refractivity contribution in [2.24, 2.45) is 11.7 Å². The van der Waals surface area contributed by atoms with Crippen molar-refractivity contribution in [3.05, 3.63) is 11.9 Å². The molecule has 1 heterocycles. The van der Waals surface area contributed by atoms with E-state index in [0.29, 0.717) is 24.5 Å². The molecule has 0 amide bonds. The summed E-state index contributed by atoms with van der Waals surface area (Å²) in [5, 5.41) is 4.14. The third-order valence-electron chi connectivity index (χ3n) is 2.85. The molecule has 1 aromatic rings. The van der Waals surface area contributed by atoms with E-state index < -0.39 is 0 Å². The zero-order valence-corrected chi connectivity index (χ0v) is 10.8. The highest BCUT2D eigenvalue weighted by molar-refractivity contribution is 5.98. The maximum Gasteiger partial charge on any atom is 0.187 e. The Kier molecular flexibility index (Phi) is 5.15. The molecule has 1 rings (SSSR count). The minimum atomic E-state index is -0.0468. The van der Waals surface area contributed by atoms with Crippen LogP contribution in [-0.4, -0.2) is 29.2 Å². The van der Waals surface area contributed by atoms with Gasteiger partial charge in [-0.1, -0.05) is 6.92 Å². The van der Waals surface area contributed by atoms with Crippen molar-refractivity contribution in [1.29, 1.82) is 0 Å². The van der Waals surface area contributed by atoms with Crippen LogP contribution in [-0.2, 0) is 6.54 Å². The average Bonchev–Trinajstić information content (AvgIpc) is 2.77. The number of nitrogens with zero attached hydrogens (tertiary/aromatic N) is 2. The van der Waals surface area contributed by atoms with Crippen LogP contribution in [0.5, 0.6) is 5.75 Å². The largest absolute Gasteiger partial charge is 0.493 e. The van der Waals surface area contributed by atoms with Gasteiger partial charge in [-0.15, -0.1) is 0 Å². The summed E-state index contributed by atoms with van der Waals surface area (Å²) in [5.74, 6) is 0.584. The topological polar surface area (TPSA) is 70.1 Å². The molecule has 0 saturated carbocycles. The Morgan fingerprint density at radius 3 is 2.88 bits per heavy atom. The molecule has 1 aromatic heterocycles. The van der Waals surface area contributed by atoms with Crippen LogP contribution in [0.15, 0.2) is 6.20 Å². The van der Waals surface area contributed by atoms with Crippen molar-refractivity contribution in [1.82, 2.24) is 9.78 Å². The van der Waals surface area contributed by atoms with Crippen LogP contribution in [0.2, 0.25) is 0 Å². The molecule has 0 aliphatic heterocycles.